The Morgan fingerprint density at radius 2 is 2.29 bits per heavy atom. The van der Waals surface area contributed by atoms with Crippen molar-refractivity contribution >= 4 is 0 Å². The van der Waals surface area contributed by atoms with Gasteiger partial charge in [-0.15, -0.1) is 0 Å². The minimum atomic E-state index is 0.358. The summed E-state index contributed by atoms with van der Waals surface area (Å²) in [5.41, 5.74) is 6.20. The third-order valence-electron chi connectivity index (χ3n) is 3.26. The molecule has 1 heterocycles. The van der Waals surface area contributed by atoms with Gasteiger partial charge in [0.1, 0.15) is 0 Å². The van der Waals surface area contributed by atoms with Crippen LogP contribution in [-0.4, -0.2) is 19.3 Å². The van der Waals surface area contributed by atoms with Crippen LogP contribution in [0.25, 0.3) is 0 Å². The molecule has 0 aromatic rings. The summed E-state index contributed by atoms with van der Waals surface area (Å²) in [6.07, 6.45) is 6.21. The van der Waals surface area contributed by atoms with Crippen molar-refractivity contribution < 1.29 is 4.74 Å². The van der Waals surface area contributed by atoms with Crippen molar-refractivity contribution in [2.75, 3.05) is 13.2 Å². The summed E-state index contributed by atoms with van der Waals surface area (Å²) >= 11 is 0. The van der Waals surface area contributed by atoms with Crippen molar-refractivity contribution in [3.8, 4) is 0 Å². The second kappa shape index (κ2) is 6.41. The van der Waals surface area contributed by atoms with Crippen LogP contribution in [0.3, 0.4) is 0 Å². The Balaban J connectivity index is 2.21. The molecule has 0 aromatic heterocycles. The third-order valence-corrected chi connectivity index (χ3v) is 3.26. The molecule has 1 saturated heterocycles. The lowest BCUT2D eigenvalue weighted by molar-refractivity contribution is 0.0417. The van der Waals surface area contributed by atoms with Crippen LogP contribution in [0.1, 0.15) is 46.0 Å². The van der Waals surface area contributed by atoms with Gasteiger partial charge in [0.05, 0.1) is 6.61 Å². The van der Waals surface area contributed by atoms with Gasteiger partial charge in [-0.25, -0.2) is 0 Å². The summed E-state index contributed by atoms with van der Waals surface area (Å²) < 4.78 is 5.46. The van der Waals surface area contributed by atoms with E-state index in [0.717, 1.165) is 19.1 Å². The molecule has 0 aliphatic carbocycles. The van der Waals surface area contributed by atoms with Gasteiger partial charge >= 0.3 is 0 Å². The summed E-state index contributed by atoms with van der Waals surface area (Å²) in [5, 5.41) is 0. The van der Waals surface area contributed by atoms with E-state index in [1.807, 2.05) is 0 Å². The zero-order valence-corrected chi connectivity index (χ0v) is 9.67. The second-order valence-corrected chi connectivity index (χ2v) is 4.77. The van der Waals surface area contributed by atoms with Crippen LogP contribution >= 0.6 is 0 Å². The first-order valence-electron chi connectivity index (χ1n) is 6.07. The zero-order chi connectivity index (χ0) is 10.4. The first kappa shape index (κ1) is 12.0. The monoisotopic (exact) mass is 199 g/mol. The lowest BCUT2D eigenvalue weighted by Gasteiger charge is -2.29. The molecule has 84 valence electrons. The molecule has 0 radical (unpaired) electrons. The van der Waals surface area contributed by atoms with E-state index in [4.69, 9.17) is 10.5 Å². The van der Waals surface area contributed by atoms with E-state index in [1.165, 1.54) is 32.1 Å². The predicted octanol–water partition coefficient (Wildman–Crippen LogP) is 2.57. The first-order chi connectivity index (χ1) is 6.74. The lowest BCUT2D eigenvalue weighted by Crippen LogP contribution is -2.37. The second-order valence-electron chi connectivity index (χ2n) is 4.77. The van der Waals surface area contributed by atoms with Gasteiger partial charge in [-0.1, -0.05) is 26.7 Å². The Kier molecular flexibility index (Phi) is 5.49. The molecule has 1 fully saturated rings. The van der Waals surface area contributed by atoms with Crippen molar-refractivity contribution in [2.24, 2.45) is 17.6 Å². The van der Waals surface area contributed by atoms with E-state index in [2.05, 4.69) is 13.8 Å². The number of rotatable bonds is 5. The Morgan fingerprint density at radius 1 is 1.50 bits per heavy atom. The fourth-order valence-corrected chi connectivity index (χ4v) is 2.37. The van der Waals surface area contributed by atoms with Crippen LogP contribution in [0, 0.1) is 11.8 Å². The summed E-state index contributed by atoms with van der Waals surface area (Å²) in [4.78, 5) is 0. The SMILES string of the molecule is CCCC(C)CC(N)C1CCCOC1. The maximum Gasteiger partial charge on any atom is 0.0509 e. The van der Waals surface area contributed by atoms with Crippen molar-refractivity contribution in [2.45, 2.75) is 52.0 Å². The Bertz CT molecular complexity index is 143. The minimum Gasteiger partial charge on any atom is -0.381 e. The molecule has 2 nitrogen and oxygen atoms in total. The van der Waals surface area contributed by atoms with Crippen molar-refractivity contribution in [1.82, 2.24) is 0 Å². The molecule has 0 bridgehead atoms. The van der Waals surface area contributed by atoms with E-state index >= 15 is 0 Å². The Morgan fingerprint density at radius 3 is 2.86 bits per heavy atom. The average molecular weight is 199 g/mol. The number of hydrogen-bond donors (Lipinski definition) is 1. The van der Waals surface area contributed by atoms with Crippen molar-refractivity contribution in [3.05, 3.63) is 0 Å². The molecule has 0 amide bonds. The van der Waals surface area contributed by atoms with Crippen molar-refractivity contribution in [1.29, 1.82) is 0 Å². The quantitative estimate of drug-likeness (QED) is 0.738. The highest BCUT2D eigenvalue weighted by Crippen LogP contribution is 2.22. The largest absolute Gasteiger partial charge is 0.381 e. The van der Waals surface area contributed by atoms with Gasteiger partial charge in [-0.05, 0) is 31.1 Å². The van der Waals surface area contributed by atoms with Gasteiger partial charge in [-0.2, -0.15) is 0 Å². The predicted molar refractivity (Wildman–Crippen MR) is 60.2 cm³/mol. The van der Waals surface area contributed by atoms with Crippen LogP contribution in [-0.2, 0) is 4.74 Å². The molecule has 0 spiro atoms. The van der Waals surface area contributed by atoms with E-state index in [-0.39, 0.29) is 0 Å². The molecular weight excluding hydrogens is 174 g/mol. The maximum absolute atomic E-state index is 6.20. The molecule has 3 unspecified atom stereocenters. The fourth-order valence-electron chi connectivity index (χ4n) is 2.37. The van der Waals surface area contributed by atoms with Crippen LogP contribution in [0.15, 0.2) is 0 Å². The maximum atomic E-state index is 6.20. The van der Waals surface area contributed by atoms with E-state index < -0.39 is 0 Å². The van der Waals surface area contributed by atoms with Crippen LogP contribution in [0.4, 0.5) is 0 Å². The number of hydrogen-bond acceptors (Lipinski definition) is 2. The minimum absolute atomic E-state index is 0.358. The highest BCUT2D eigenvalue weighted by Gasteiger charge is 2.22. The Hall–Kier alpha value is -0.0800. The van der Waals surface area contributed by atoms with Gasteiger partial charge < -0.3 is 10.5 Å². The van der Waals surface area contributed by atoms with Crippen LogP contribution in [0.2, 0.25) is 0 Å². The summed E-state index contributed by atoms with van der Waals surface area (Å²) in [6.45, 7) is 6.38. The van der Waals surface area contributed by atoms with Crippen molar-refractivity contribution in [3.63, 3.8) is 0 Å². The number of ether oxygens (including phenoxy) is 1. The summed E-state index contributed by atoms with van der Waals surface area (Å²) in [6, 6.07) is 0.358. The van der Waals surface area contributed by atoms with Gasteiger partial charge in [0.25, 0.3) is 0 Å². The highest BCUT2D eigenvalue weighted by molar-refractivity contribution is 4.76. The molecule has 14 heavy (non-hydrogen) atoms. The summed E-state index contributed by atoms with van der Waals surface area (Å²) in [5.74, 6) is 1.39. The van der Waals surface area contributed by atoms with Gasteiger partial charge in [0.15, 0.2) is 0 Å². The zero-order valence-electron chi connectivity index (χ0n) is 9.67. The fraction of sp³-hybridized carbons (Fsp3) is 1.00. The van der Waals surface area contributed by atoms with Gasteiger partial charge in [0.2, 0.25) is 0 Å². The molecule has 1 rings (SSSR count). The van der Waals surface area contributed by atoms with Crippen LogP contribution in [0.5, 0.6) is 0 Å². The molecule has 1 aliphatic heterocycles. The Labute approximate surface area is 88.2 Å². The standard InChI is InChI=1S/C12H25NO/c1-3-5-10(2)8-12(13)11-6-4-7-14-9-11/h10-12H,3-9,13H2,1-2H3. The molecule has 2 N–H and O–H groups in total. The van der Waals surface area contributed by atoms with E-state index in [1.54, 1.807) is 0 Å². The molecule has 0 aromatic carbocycles. The van der Waals surface area contributed by atoms with Crippen LogP contribution < -0.4 is 5.73 Å². The van der Waals surface area contributed by atoms with Gasteiger partial charge in [-0.3, -0.25) is 0 Å². The smallest absolute Gasteiger partial charge is 0.0509 e. The molecule has 1 aliphatic rings. The lowest BCUT2D eigenvalue weighted by atomic mass is 9.87. The summed E-state index contributed by atoms with van der Waals surface area (Å²) in [7, 11) is 0. The van der Waals surface area contributed by atoms with E-state index in [0.29, 0.717) is 12.0 Å². The first-order valence-corrected chi connectivity index (χ1v) is 6.07. The molecule has 2 heteroatoms. The molecular formula is C12H25NO. The molecule has 3 atom stereocenters. The third kappa shape index (κ3) is 3.97. The highest BCUT2D eigenvalue weighted by atomic mass is 16.5. The normalized spacial score (nSPS) is 27.2. The van der Waals surface area contributed by atoms with E-state index in [9.17, 15) is 0 Å². The van der Waals surface area contributed by atoms with Gasteiger partial charge in [0, 0.05) is 12.6 Å². The topological polar surface area (TPSA) is 35.2 Å². The average Bonchev–Trinajstić information content (AvgIpc) is 2.19. The number of nitrogens with two attached hydrogens (primary N) is 1. The molecule has 0 saturated carbocycles.